The third-order valence-corrected chi connectivity index (χ3v) is 5.09. The third-order valence-electron chi connectivity index (χ3n) is 5.09. The quantitative estimate of drug-likeness (QED) is 0.605. The Hall–Kier alpha value is -3.27. The van der Waals surface area contributed by atoms with E-state index in [1.54, 1.807) is 23.8 Å². The predicted octanol–water partition coefficient (Wildman–Crippen LogP) is 3.37. The molecular formula is C22H24F3N5O2. The third kappa shape index (κ3) is 5.31. The van der Waals surface area contributed by atoms with Crippen LogP contribution in [-0.4, -0.2) is 46.8 Å². The lowest BCUT2D eigenvalue weighted by Crippen LogP contribution is -2.34. The molecule has 0 spiro atoms. The van der Waals surface area contributed by atoms with Gasteiger partial charge in [0.05, 0.1) is 11.3 Å². The topological polar surface area (TPSA) is 79.6 Å². The molecule has 10 heteroatoms. The lowest BCUT2D eigenvalue weighted by Gasteiger charge is -2.28. The van der Waals surface area contributed by atoms with E-state index in [1.807, 2.05) is 0 Å². The van der Waals surface area contributed by atoms with Crippen molar-refractivity contribution in [2.75, 3.05) is 25.0 Å². The van der Waals surface area contributed by atoms with Crippen molar-refractivity contribution in [3.8, 4) is 0 Å². The predicted molar refractivity (Wildman–Crippen MR) is 114 cm³/mol. The smallest absolute Gasteiger partial charge is 0.273 e. The summed E-state index contributed by atoms with van der Waals surface area (Å²) in [6.07, 6.45) is 4.99. The number of anilines is 1. The largest absolute Gasteiger partial charge is 0.368 e. The number of nitrogens with one attached hydrogen (secondary N) is 1. The van der Waals surface area contributed by atoms with Crippen LogP contribution in [0.25, 0.3) is 5.65 Å². The van der Waals surface area contributed by atoms with Gasteiger partial charge in [-0.2, -0.15) is 5.10 Å². The molecule has 3 aromatic rings. The summed E-state index contributed by atoms with van der Waals surface area (Å²) in [5.74, 6) is -3.67. The average Bonchev–Trinajstić information content (AvgIpc) is 3.23. The molecule has 0 atom stereocenters. The molecule has 1 N–H and O–H groups in total. The summed E-state index contributed by atoms with van der Waals surface area (Å²) in [7, 11) is 1.64. The molecule has 1 aliphatic heterocycles. The number of fused-ring (bicyclic) bond motifs is 1. The maximum Gasteiger partial charge on any atom is 0.273 e. The molecular weight excluding hydrogens is 423 g/mol. The van der Waals surface area contributed by atoms with Gasteiger partial charge in [-0.05, 0) is 13.1 Å². The monoisotopic (exact) mass is 447 g/mol. The van der Waals surface area contributed by atoms with Crippen molar-refractivity contribution in [1.82, 2.24) is 19.9 Å². The van der Waals surface area contributed by atoms with Gasteiger partial charge < -0.3 is 10.2 Å². The van der Waals surface area contributed by atoms with Crippen LogP contribution in [-0.2, 0) is 17.3 Å². The van der Waals surface area contributed by atoms with Crippen molar-refractivity contribution in [3.05, 3.63) is 59.3 Å². The maximum atomic E-state index is 13.4. The number of alkyl halides is 2. The van der Waals surface area contributed by atoms with Crippen LogP contribution < -0.4 is 10.2 Å². The minimum atomic E-state index is -3.13. The first kappa shape index (κ1) is 23.4. The molecule has 0 saturated carbocycles. The van der Waals surface area contributed by atoms with Gasteiger partial charge in [0.1, 0.15) is 17.9 Å². The number of piperidine rings is 1. The lowest BCUT2D eigenvalue weighted by molar-refractivity contribution is -0.119. The highest BCUT2D eigenvalue weighted by atomic mass is 19.3. The SMILES string of the molecule is CNCc1cccc(C(C)(F)F)c1F.O=Cc1cc(N2CCC(=O)CC2)c2ncnn2c1. The number of carbonyl (C=O) groups is 2. The second-order valence-corrected chi connectivity index (χ2v) is 7.53. The Labute approximate surface area is 183 Å². The van der Waals surface area contributed by atoms with Crippen LogP contribution in [0.15, 0.2) is 36.8 Å². The first-order chi connectivity index (χ1) is 15.2. The van der Waals surface area contributed by atoms with Crippen molar-refractivity contribution in [3.63, 3.8) is 0 Å². The van der Waals surface area contributed by atoms with Gasteiger partial charge in [-0.15, -0.1) is 0 Å². The summed E-state index contributed by atoms with van der Waals surface area (Å²) < 4.78 is 40.8. The Bertz CT molecular complexity index is 1100. The number of Topliss-reactive ketones (excluding diaryl/α,β-unsaturated/α-hetero) is 1. The fourth-order valence-electron chi connectivity index (χ4n) is 3.47. The lowest BCUT2D eigenvalue weighted by atomic mass is 10.1. The minimum absolute atomic E-state index is 0.246. The summed E-state index contributed by atoms with van der Waals surface area (Å²) >= 11 is 0. The molecule has 3 heterocycles. The normalized spacial score (nSPS) is 14.3. The van der Waals surface area contributed by atoms with E-state index in [0.717, 1.165) is 23.7 Å². The number of halogens is 3. The maximum absolute atomic E-state index is 13.4. The van der Waals surface area contributed by atoms with Gasteiger partial charge in [0.2, 0.25) is 0 Å². The zero-order chi connectivity index (χ0) is 23.3. The van der Waals surface area contributed by atoms with Crippen molar-refractivity contribution < 1.29 is 22.8 Å². The highest BCUT2D eigenvalue weighted by Gasteiger charge is 2.28. The molecule has 1 aliphatic rings. The number of hydrogen-bond donors (Lipinski definition) is 1. The van der Waals surface area contributed by atoms with Crippen molar-refractivity contribution in [2.45, 2.75) is 32.2 Å². The van der Waals surface area contributed by atoms with Gasteiger partial charge in [-0.25, -0.2) is 22.7 Å². The fraction of sp³-hybridized carbons (Fsp3) is 0.364. The number of carbonyl (C=O) groups excluding carboxylic acids is 2. The highest BCUT2D eigenvalue weighted by molar-refractivity contribution is 5.84. The van der Waals surface area contributed by atoms with Gasteiger partial charge in [-0.1, -0.05) is 18.2 Å². The number of aldehydes is 1. The van der Waals surface area contributed by atoms with E-state index in [9.17, 15) is 22.8 Å². The van der Waals surface area contributed by atoms with E-state index in [-0.39, 0.29) is 17.9 Å². The zero-order valence-electron chi connectivity index (χ0n) is 17.8. The Morgan fingerprint density at radius 2 is 1.97 bits per heavy atom. The molecule has 1 fully saturated rings. The first-order valence-electron chi connectivity index (χ1n) is 10.1. The van der Waals surface area contributed by atoms with Crippen LogP contribution in [0.5, 0.6) is 0 Å². The first-order valence-corrected chi connectivity index (χ1v) is 10.1. The number of aromatic nitrogens is 3. The molecule has 0 radical (unpaired) electrons. The molecule has 1 saturated heterocycles. The van der Waals surface area contributed by atoms with E-state index in [4.69, 9.17) is 0 Å². The number of nitrogens with zero attached hydrogens (tertiary/aromatic N) is 4. The van der Waals surface area contributed by atoms with Crippen molar-refractivity contribution in [1.29, 1.82) is 0 Å². The van der Waals surface area contributed by atoms with Gasteiger partial charge in [0.15, 0.2) is 11.9 Å². The number of hydrogen-bond acceptors (Lipinski definition) is 6. The zero-order valence-corrected chi connectivity index (χ0v) is 17.8. The van der Waals surface area contributed by atoms with Crippen LogP contribution in [0.4, 0.5) is 18.9 Å². The Morgan fingerprint density at radius 1 is 1.25 bits per heavy atom. The molecule has 0 amide bonds. The van der Waals surface area contributed by atoms with Crippen LogP contribution in [0.2, 0.25) is 0 Å². The van der Waals surface area contributed by atoms with E-state index in [1.165, 1.54) is 18.5 Å². The standard InChI is InChI=1S/C12H12N4O2.C10H12F3N/c17-7-9-5-11(12-13-8-14-16(12)6-9)15-3-1-10(18)2-4-15;1-10(12,13)8-5-3-4-7(6-14-2)9(8)11/h5-8H,1-4H2;3-5,14H,6H2,1-2H3. The molecule has 4 rings (SSSR count). The van der Waals surface area contributed by atoms with Gasteiger partial charge in [0.25, 0.3) is 5.92 Å². The highest BCUT2D eigenvalue weighted by Crippen LogP contribution is 2.30. The summed E-state index contributed by atoms with van der Waals surface area (Å²) in [6.45, 7) is 2.28. The van der Waals surface area contributed by atoms with Crippen molar-refractivity contribution >= 4 is 23.4 Å². The van der Waals surface area contributed by atoms with Crippen LogP contribution in [0.1, 0.15) is 41.3 Å². The average molecular weight is 447 g/mol. The minimum Gasteiger partial charge on any atom is -0.368 e. The van der Waals surface area contributed by atoms with E-state index in [0.29, 0.717) is 38.4 Å². The van der Waals surface area contributed by atoms with Crippen LogP contribution >= 0.6 is 0 Å². The molecule has 32 heavy (non-hydrogen) atoms. The van der Waals surface area contributed by atoms with Crippen molar-refractivity contribution in [2.24, 2.45) is 0 Å². The van der Waals surface area contributed by atoms with Crippen LogP contribution in [0, 0.1) is 5.82 Å². The molecule has 0 aliphatic carbocycles. The molecule has 2 aromatic heterocycles. The summed E-state index contributed by atoms with van der Waals surface area (Å²) in [6, 6.07) is 5.82. The Kier molecular flexibility index (Phi) is 7.24. The molecule has 0 unspecified atom stereocenters. The van der Waals surface area contributed by atoms with E-state index >= 15 is 0 Å². The summed E-state index contributed by atoms with van der Waals surface area (Å²) in [5.41, 5.74) is 1.84. The number of ketones is 1. The molecule has 7 nitrogen and oxygen atoms in total. The van der Waals surface area contributed by atoms with E-state index in [2.05, 4.69) is 20.3 Å². The number of rotatable bonds is 5. The second-order valence-electron chi connectivity index (χ2n) is 7.53. The van der Waals surface area contributed by atoms with Gasteiger partial charge in [0, 0.05) is 56.7 Å². The Balaban J connectivity index is 0.000000188. The Morgan fingerprint density at radius 3 is 2.59 bits per heavy atom. The number of benzene rings is 1. The second kappa shape index (κ2) is 9.90. The van der Waals surface area contributed by atoms with E-state index < -0.39 is 17.3 Å². The van der Waals surface area contributed by atoms with Gasteiger partial charge in [-0.3, -0.25) is 9.59 Å². The fourth-order valence-corrected chi connectivity index (χ4v) is 3.47. The van der Waals surface area contributed by atoms with Crippen LogP contribution in [0.3, 0.4) is 0 Å². The summed E-state index contributed by atoms with van der Waals surface area (Å²) in [5, 5.41) is 6.77. The molecule has 170 valence electrons. The number of pyridine rings is 1. The summed E-state index contributed by atoms with van der Waals surface area (Å²) in [4.78, 5) is 28.5. The molecule has 1 aromatic carbocycles. The molecule has 0 bridgehead atoms. The van der Waals surface area contributed by atoms with Gasteiger partial charge >= 0.3 is 0 Å².